The minimum atomic E-state index is -0.105. The molecule has 5 heteroatoms. The Balaban J connectivity index is 1.25. The van der Waals surface area contributed by atoms with E-state index in [9.17, 15) is 4.79 Å². The average Bonchev–Trinajstić information content (AvgIpc) is 2.86. The van der Waals surface area contributed by atoms with Crippen molar-refractivity contribution in [3.8, 4) is 11.5 Å². The summed E-state index contributed by atoms with van der Waals surface area (Å²) >= 11 is 0. The molecule has 5 nitrogen and oxygen atoms in total. The van der Waals surface area contributed by atoms with Gasteiger partial charge in [-0.1, -0.05) is 36.4 Å². The van der Waals surface area contributed by atoms with E-state index in [1.54, 1.807) is 32.4 Å². The average molecular weight is 431 g/mol. The van der Waals surface area contributed by atoms with Crippen molar-refractivity contribution in [1.29, 1.82) is 0 Å². The Bertz CT molecular complexity index is 1060. The van der Waals surface area contributed by atoms with Crippen molar-refractivity contribution in [3.05, 3.63) is 89.0 Å². The zero-order valence-corrected chi connectivity index (χ0v) is 18.8. The molecular weight excluding hydrogens is 400 g/mol. The Morgan fingerprint density at radius 2 is 1.69 bits per heavy atom. The Hall–Kier alpha value is -3.47. The van der Waals surface area contributed by atoms with Gasteiger partial charge in [-0.2, -0.15) is 0 Å². The van der Waals surface area contributed by atoms with Crippen LogP contribution >= 0.6 is 0 Å². The number of benzene rings is 3. The molecule has 0 atom stereocenters. The molecule has 0 bridgehead atoms. The lowest BCUT2D eigenvalue weighted by molar-refractivity contribution is 0.0953. The summed E-state index contributed by atoms with van der Waals surface area (Å²) in [6, 6.07) is 22.7. The van der Waals surface area contributed by atoms with Gasteiger partial charge in [-0.05, 0) is 66.3 Å². The first-order valence-corrected chi connectivity index (χ1v) is 11.1. The highest BCUT2D eigenvalue weighted by atomic mass is 16.5. The lowest BCUT2D eigenvalue weighted by Crippen LogP contribution is -2.30. The monoisotopic (exact) mass is 430 g/mol. The summed E-state index contributed by atoms with van der Waals surface area (Å²) in [4.78, 5) is 14.9. The molecule has 1 aliphatic heterocycles. The quantitative estimate of drug-likeness (QED) is 0.530. The van der Waals surface area contributed by atoms with Crippen LogP contribution in [0.2, 0.25) is 0 Å². The van der Waals surface area contributed by atoms with Gasteiger partial charge in [-0.3, -0.25) is 4.79 Å². The minimum absolute atomic E-state index is 0.105. The number of amides is 1. The predicted molar refractivity (Wildman–Crippen MR) is 128 cm³/mol. The third-order valence-electron chi connectivity index (χ3n) is 6.01. The normalized spacial score (nSPS) is 12.8. The lowest BCUT2D eigenvalue weighted by atomic mass is 9.99. The van der Waals surface area contributed by atoms with Crippen LogP contribution in [0.1, 0.15) is 33.5 Å². The standard InChI is InChI=1S/C27H30N2O3/c1-31-25-14-11-22(18-26(25)32-2)27(30)28-16-5-6-20-9-12-24(13-10-20)29-17-15-21-7-3-4-8-23(21)19-29/h3-4,7-14,18H,5-6,15-17,19H2,1-2H3,(H,28,30). The smallest absolute Gasteiger partial charge is 0.251 e. The molecule has 0 radical (unpaired) electrons. The van der Waals surface area contributed by atoms with Crippen LogP contribution in [0.3, 0.4) is 0 Å². The molecule has 0 fully saturated rings. The van der Waals surface area contributed by atoms with Crippen molar-refractivity contribution in [3.63, 3.8) is 0 Å². The van der Waals surface area contributed by atoms with Crippen LogP contribution < -0.4 is 19.7 Å². The number of nitrogens with zero attached hydrogens (tertiary/aromatic N) is 1. The number of fused-ring (bicyclic) bond motifs is 1. The Morgan fingerprint density at radius 3 is 2.44 bits per heavy atom. The van der Waals surface area contributed by atoms with E-state index < -0.39 is 0 Å². The first kappa shape index (κ1) is 21.8. The fourth-order valence-electron chi connectivity index (χ4n) is 4.16. The fourth-order valence-corrected chi connectivity index (χ4v) is 4.16. The summed E-state index contributed by atoms with van der Waals surface area (Å²) in [5.74, 6) is 1.06. The van der Waals surface area contributed by atoms with E-state index in [2.05, 4.69) is 58.7 Å². The van der Waals surface area contributed by atoms with Gasteiger partial charge in [0.1, 0.15) is 0 Å². The van der Waals surface area contributed by atoms with Gasteiger partial charge < -0.3 is 19.7 Å². The van der Waals surface area contributed by atoms with Crippen molar-refractivity contribution in [2.24, 2.45) is 0 Å². The van der Waals surface area contributed by atoms with Crippen LogP contribution in [0.4, 0.5) is 5.69 Å². The van der Waals surface area contributed by atoms with Crippen molar-refractivity contribution in [2.75, 3.05) is 32.2 Å². The van der Waals surface area contributed by atoms with E-state index in [0.717, 1.165) is 32.4 Å². The zero-order valence-electron chi connectivity index (χ0n) is 18.8. The van der Waals surface area contributed by atoms with Gasteiger partial charge in [0.25, 0.3) is 5.91 Å². The number of nitrogens with one attached hydrogen (secondary N) is 1. The van der Waals surface area contributed by atoms with Crippen LogP contribution in [-0.2, 0) is 19.4 Å². The van der Waals surface area contributed by atoms with Gasteiger partial charge in [-0.15, -0.1) is 0 Å². The summed E-state index contributed by atoms with van der Waals surface area (Å²) in [5, 5.41) is 2.99. The molecule has 1 N–H and O–H groups in total. The van der Waals surface area contributed by atoms with Crippen LogP contribution in [0.15, 0.2) is 66.7 Å². The molecule has 3 aromatic rings. The molecule has 0 spiro atoms. The zero-order chi connectivity index (χ0) is 22.3. The highest BCUT2D eigenvalue weighted by Crippen LogP contribution is 2.27. The second-order valence-corrected chi connectivity index (χ2v) is 8.04. The van der Waals surface area contributed by atoms with Gasteiger partial charge >= 0.3 is 0 Å². The third-order valence-corrected chi connectivity index (χ3v) is 6.01. The van der Waals surface area contributed by atoms with E-state index >= 15 is 0 Å². The van der Waals surface area contributed by atoms with Crippen LogP contribution in [0, 0.1) is 0 Å². The largest absolute Gasteiger partial charge is 0.493 e. The number of rotatable bonds is 8. The van der Waals surface area contributed by atoms with Gasteiger partial charge in [0.2, 0.25) is 0 Å². The Labute approximate surface area is 190 Å². The van der Waals surface area contributed by atoms with Gasteiger partial charge in [0.05, 0.1) is 14.2 Å². The van der Waals surface area contributed by atoms with E-state index in [1.165, 1.54) is 22.4 Å². The molecule has 1 aliphatic rings. The molecule has 4 rings (SSSR count). The van der Waals surface area contributed by atoms with Gasteiger partial charge in [-0.25, -0.2) is 0 Å². The number of carbonyl (C=O) groups is 1. The predicted octanol–water partition coefficient (Wildman–Crippen LogP) is 4.63. The number of ether oxygens (including phenoxy) is 2. The highest BCUT2D eigenvalue weighted by molar-refractivity contribution is 5.94. The molecule has 0 aliphatic carbocycles. The maximum Gasteiger partial charge on any atom is 0.251 e. The van der Waals surface area contributed by atoms with E-state index in [0.29, 0.717) is 23.6 Å². The second-order valence-electron chi connectivity index (χ2n) is 8.04. The van der Waals surface area contributed by atoms with Crippen LogP contribution in [0.5, 0.6) is 11.5 Å². The lowest BCUT2D eigenvalue weighted by Gasteiger charge is -2.30. The third kappa shape index (κ3) is 5.05. The van der Waals surface area contributed by atoms with Gasteiger partial charge in [0, 0.05) is 30.9 Å². The number of hydrogen-bond donors (Lipinski definition) is 1. The van der Waals surface area contributed by atoms with E-state index in [1.807, 2.05) is 0 Å². The van der Waals surface area contributed by atoms with Gasteiger partial charge in [0.15, 0.2) is 11.5 Å². The summed E-state index contributed by atoms with van der Waals surface area (Å²) in [6.07, 6.45) is 2.91. The maximum absolute atomic E-state index is 12.4. The molecular formula is C27H30N2O3. The van der Waals surface area contributed by atoms with Crippen molar-refractivity contribution in [2.45, 2.75) is 25.8 Å². The SMILES string of the molecule is COc1ccc(C(=O)NCCCc2ccc(N3CCc4ccccc4C3)cc2)cc1OC. The minimum Gasteiger partial charge on any atom is -0.493 e. The molecule has 3 aromatic carbocycles. The maximum atomic E-state index is 12.4. The molecule has 0 saturated carbocycles. The molecule has 166 valence electrons. The van der Waals surface area contributed by atoms with Crippen molar-refractivity contribution in [1.82, 2.24) is 5.32 Å². The second kappa shape index (κ2) is 10.2. The molecule has 32 heavy (non-hydrogen) atoms. The summed E-state index contributed by atoms with van der Waals surface area (Å²) in [6.45, 7) is 2.65. The summed E-state index contributed by atoms with van der Waals surface area (Å²) in [5.41, 5.74) is 6.01. The Morgan fingerprint density at radius 1 is 0.938 bits per heavy atom. The van der Waals surface area contributed by atoms with E-state index in [4.69, 9.17) is 9.47 Å². The molecule has 1 heterocycles. The fraction of sp³-hybridized carbons (Fsp3) is 0.296. The van der Waals surface area contributed by atoms with Crippen LogP contribution in [-0.4, -0.2) is 33.2 Å². The molecule has 0 aromatic heterocycles. The summed E-state index contributed by atoms with van der Waals surface area (Å²) in [7, 11) is 3.14. The number of aryl methyl sites for hydroxylation is 1. The first-order valence-electron chi connectivity index (χ1n) is 11.1. The topological polar surface area (TPSA) is 50.8 Å². The molecule has 0 saturated heterocycles. The Kier molecular flexibility index (Phi) is 6.95. The number of methoxy groups -OCH3 is 2. The van der Waals surface area contributed by atoms with Crippen molar-refractivity contribution >= 4 is 11.6 Å². The number of hydrogen-bond acceptors (Lipinski definition) is 4. The number of anilines is 1. The first-order chi connectivity index (χ1) is 15.7. The highest BCUT2D eigenvalue weighted by Gasteiger charge is 2.16. The molecule has 0 unspecified atom stereocenters. The summed E-state index contributed by atoms with van der Waals surface area (Å²) < 4.78 is 10.5. The van der Waals surface area contributed by atoms with Crippen LogP contribution in [0.25, 0.3) is 0 Å². The number of carbonyl (C=O) groups excluding carboxylic acids is 1. The van der Waals surface area contributed by atoms with E-state index in [-0.39, 0.29) is 5.91 Å². The van der Waals surface area contributed by atoms with Crippen molar-refractivity contribution < 1.29 is 14.3 Å². The molecule has 1 amide bonds.